The third-order valence-electron chi connectivity index (χ3n) is 2.51. The lowest BCUT2D eigenvalue weighted by Gasteiger charge is -2.10. The Morgan fingerprint density at radius 3 is 2.74 bits per heavy atom. The first-order valence-corrected chi connectivity index (χ1v) is 5.49. The van der Waals surface area contributed by atoms with Crippen LogP contribution in [0, 0.1) is 11.5 Å². The molecule has 1 N–H and O–H groups in total. The van der Waals surface area contributed by atoms with Crippen molar-refractivity contribution in [1.82, 2.24) is 9.97 Å². The molecule has 0 saturated carbocycles. The van der Waals surface area contributed by atoms with Crippen LogP contribution in [0.3, 0.4) is 0 Å². The van der Waals surface area contributed by atoms with Crippen LogP contribution >= 0.6 is 0 Å². The molecule has 0 saturated heterocycles. The van der Waals surface area contributed by atoms with Gasteiger partial charge in [0, 0.05) is 11.8 Å². The number of rotatable bonds is 4. The van der Waals surface area contributed by atoms with Gasteiger partial charge in [0.1, 0.15) is 11.5 Å². The number of anilines is 1. The lowest BCUT2D eigenvalue weighted by Crippen LogP contribution is -1.97. The minimum absolute atomic E-state index is 0.241. The fourth-order valence-electron chi connectivity index (χ4n) is 1.63. The molecule has 96 valence electrons. The highest BCUT2D eigenvalue weighted by atomic mass is 16.5. The molecule has 0 atom stereocenters. The molecule has 2 aromatic rings. The van der Waals surface area contributed by atoms with Crippen LogP contribution in [0.2, 0.25) is 0 Å². The van der Waals surface area contributed by atoms with Gasteiger partial charge in [0.2, 0.25) is 5.95 Å². The van der Waals surface area contributed by atoms with Crippen molar-refractivity contribution in [1.29, 1.82) is 5.26 Å². The maximum Gasteiger partial charge on any atom is 0.236 e. The topological polar surface area (TPSA) is 80.1 Å². The summed E-state index contributed by atoms with van der Waals surface area (Å²) in [4.78, 5) is 8.17. The maximum atomic E-state index is 8.58. The highest BCUT2D eigenvalue weighted by Gasteiger charge is 2.10. The summed E-state index contributed by atoms with van der Waals surface area (Å²) in [5, 5.41) is 11.0. The molecule has 0 spiro atoms. The van der Waals surface area contributed by atoms with Gasteiger partial charge in [-0.05, 0) is 24.3 Å². The minimum atomic E-state index is 0.241. The van der Waals surface area contributed by atoms with Crippen LogP contribution in [-0.2, 0) is 0 Å². The Bertz CT molecular complexity index is 622. The third kappa shape index (κ3) is 2.72. The Morgan fingerprint density at radius 1 is 1.21 bits per heavy atom. The van der Waals surface area contributed by atoms with E-state index in [0.29, 0.717) is 17.2 Å². The zero-order chi connectivity index (χ0) is 13.7. The predicted octanol–water partition coefficient (Wildman–Crippen LogP) is 2.05. The number of hydrogen-bond donors (Lipinski definition) is 1. The van der Waals surface area contributed by atoms with Crippen molar-refractivity contribution < 1.29 is 9.47 Å². The molecular weight excluding hydrogens is 244 g/mol. The summed E-state index contributed by atoms with van der Waals surface area (Å²) in [7, 11) is 3.18. The van der Waals surface area contributed by atoms with Crippen molar-refractivity contribution in [3.63, 3.8) is 0 Å². The zero-order valence-electron chi connectivity index (χ0n) is 10.5. The van der Waals surface area contributed by atoms with Gasteiger partial charge in [0.15, 0.2) is 6.19 Å². The molecule has 6 nitrogen and oxygen atoms in total. The SMILES string of the molecule is COc1ccc(OC)c(-c2ccnc(NC#N)n2)c1. The summed E-state index contributed by atoms with van der Waals surface area (Å²) in [6, 6.07) is 7.16. The maximum absolute atomic E-state index is 8.58. The van der Waals surface area contributed by atoms with Gasteiger partial charge in [-0.1, -0.05) is 0 Å². The second-order valence-electron chi connectivity index (χ2n) is 3.57. The van der Waals surface area contributed by atoms with Crippen LogP contribution in [0.1, 0.15) is 0 Å². The molecule has 0 aliphatic carbocycles. The van der Waals surface area contributed by atoms with Gasteiger partial charge in [-0.25, -0.2) is 9.97 Å². The smallest absolute Gasteiger partial charge is 0.236 e. The third-order valence-corrected chi connectivity index (χ3v) is 2.51. The standard InChI is InChI=1S/C13H12N4O2/c1-18-9-3-4-12(19-2)10(7-9)11-5-6-15-13(17-11)16-8-14/h3-7H,1-2H3,(H,15,16,17). The van der Waals surface area contributed by atoms with E-state index in [-0.39, 0.29) is 5.95 Å². The first-order valence-electron chi connectivity index (χ1n) is 5.49. The lowest BCUT2D eigenvalue weighted by molar-refractivity contribution is 0.404. The molecule has 2 rings (SSSR count). The van der Waals surface area contributed by atoms with E-state index in [1.165, 1.54) is 0 Å². The van der Waals surface area contributed by atoms with E-state index in [2.05, 4.69) is 15.3 Å². The van der Waals surface area contributed by atoms with Gasteiger partial charge in [0.05, 0.1) is 19.9 Å². The summed E-state index contributed by atoms with van der Waals surface area (Å²) in [5.74, 6) is 1.61. The van der Waals surface area contributed by atoms with Crippen LogP contribution in [0.5, 0.6) is 11.5 Å². The first-order chi connectivity index (χ1) is 9.28. The lowest BCUT2D eigenvalue weighted by atomic mass is 10.1. The first kappa shape index (κ1) is 12.6. The Hall–Kier alpha value is -2.81. The normalized spacial score (nSPS) is 9.53. The Balaban J connectivity index is 2.50. The molecule has 0 unspecified atom stereocenters. The van der Waals surface area contributed by atoms with Gasteiger partial charge in [-0.15, -0.1) is 0 Å². The van der Waals surface area contributed by atoms with Gasteiger partial charge < -0.3 is 9.47 Å². The summed E-state index contributed by atoms with van der Waals surface area (Å²) in [5.41, 5.74) is 1.41. The predicted molar refractivity (Wildman–Crippen MR) is 69.8 cm³/mol. The monoisotopic (exact) mass is 256 g/mol. The molecule has 0 radical (unpaired) electrons. The molecule has 1 heterocycles. The highest BCUT2D eigenvalue weighted by Crippen LogP contribution is 2.32. The van der Waals surface area contributed by atoms with Crippen molar-refractivity contribution in [3.05, 3.63) is 30.5 Å². The van der Waals surface area contributed by atoms with Crippen molar-refractivity contribution in [2.45, 2.75) is 0 Å². The molecule has 1 aromatic carbocycles. The van der Waals surface area contributed by atoms with Crippen molar-refractivity contribution >= 4 is 5.95 Å². The molecule has 0 bridgehead atoms. The molecule has 0 aliphatic rings. The number of aromatic nitrogens is 2. The Kier molecular flexibility index (Phi) is 3.78. The molecule has 19 heavy (non-hydrogen) atoms. The Labute approximate surface area is 110 Å². The van der Waals surface area contributed by atoms with Gasteiger partial charge >= 0.3 is 0 Å². The highest BCUT2D eigenvalue weighted by molar-refractivity contribution is 5.69. The van der Waals surface area contributed by atoms with E-state index in [9.17, 15) is 0 Å². The average molecular weight is 256 g/mol. The molecule has 0 aliphatic heterocycles. The second-order valence-corrected chi connectivity index (χ2v) is 3.57. The van der Waals surface area contributed by atoms with Crippen LogP contribution in [0.15, 0.2) is 30.5 Å². The van der Waals surface area contributed by atoms with Crippen molar-refractivity contribution in [3.8, 4) is 28.9 Å². The molecule has 0 fully saturated rings. The second kappa shape index (κ2) is 5.69. The number of hydrogen-bond acceptors (Lipinski definition) is 6. The van der Waals surface area contributed by atoms with E-state index in [0.717, 1.165) is 5.56 Å². The summed E-state index contributed by atoms with van der Waals surface area (Å²) in [6.45, 7) is 0. The molecule has 0 amide bonds. The quantitative estimate of drug-likeness (QED) is 0.666. The van der Waals surface area contributed by atoms with Crippen LogP contribution in [-0.4, -0.2) is 24.2 Å². The van der Waals surface area contributed by atoms with E-state index in [1.807, 2.05) is 6.07 Å². The van der Waals surface area contributed by atoms with Crippen LogP contribution in [0.25, 0.3) is 11.3 Å². The zero-order valence-corrected chi connectivity index (χ0v) is 10.5. The number of methoxy groups -OCH3 is 2. The molecular formula is C13H12N4O2. The van der Waals surface area contributed by atoms with E-state index >= 15 is 0 Å². The summed E-state index contributed by atoms with van der Waals surface area (Å²) >= 11 is 0. The van der Waals surface area contributed by atoms with E-state index < -0.39 is 0 Å². The van der Waals surface area contributed by atoms with Crippen LogP contribution < -0.4 is 14.8 Å². The Morgan fingerprint density at radius 2 is 2.05 bits per heavy atom. The molecule has 1 aromatic heterocycles. The van der Waals surface area contributed by atoms with Crippen LogP contribution in [0.4, 0.5) is 5.95 Å². The number of nitriles is 1. The van der Waals surface area contributed by atoms with E-state index in [4.69, 9.17) is 14.7 Å². The number of benzene rings is 1. The van der Waals surface area contributed by atoms with Crippen molar-refractivity contribution in [2.75, 3.05) is 19.5 Å². The average Bonchev–Trinajstić information content (AvgIpc) is 2.47. The number of nitrogens with zero attached hydrogens (tertiary/aromatic N) is 3. The van der Waals surface area contributed by atoms with Gasteiger partial charge in [-0.3, -0.25) is 5.32 Å². The van der Waals surface area contributed by atoms with Crippen molar-refractivity contribution in [2.24, 2.45) is 0 Å². The number of nitrogens with one attached hydrogen (secondary N) is 1. The minimum Gasteiger partial charge on any atom is -0.497 e. The summed E-state index contributed by atoms with van der Waals surface area (Å²) in [6.07, 6.45) is 3.35. The largest absolute Gasteiger partial charge is 0.497 e. The summed E-state index contributed by atoms with van der Waals surface area (Å²) < 4.78 is 10.5. The molecule has 6 heteroatoms. The van der Waals surface area contributed by atoms with Gasteiger partial charge in [-0.2, -0.15) is 5.26 Å². The van der Waals surface area contributed by atoms with E-state index in [1.54, 1.807) is 44.8 Å². The van der Waals surface area contributed by atoms with Gasteiger partial charge in [0.25, 0.3) is 0 Å². The number of ether oxygens (including phenoxy) is 2. The fourth-order valence-corrected chi connectivity index (χ4v) is 1.63. The fraction of sp³-hybridized carbons (Fsp3) is 0.154.